The van der Waals surface area contributed by atoms with E-state index in [4.69, 9.17) is 9.47 Å². The van der Waals surface area contributed by atoms with Gasteiger partial charge in [-0.05, 0) is 87.0 Å². The van der Waals surface area contributed by atoms with Crippen molar-refractivity contribution in [3.05, 3.63) is 70.7 Å². The molecule has 2 aliphatic carbocycles. The molecule has 3 N–H and O–H groups in total. The van der Waals surface area contributed by atoms with Crippen molar-refractivity contribution >= 4 is 44.2 Å². The Morgan fingerprint density at radius 1 is 1.05 bits per heavy atom. The number of hydrogen-bond acceptors (Lipinski definition) is 12. The summed E-state index contributed by atoms with van der Waals surface area (Å²) in [5.41, 5.74) is 1.35. The van der Waals surface area contributed by atoms with Gasteiger partial charge in [-0.25, -0.2) is 23.1 Å². The van der Waals surface area contributed by atoms with E-state index in [0.717, 1.165) is 94.7 Å². The molecule has 0 radical (unpaired) electrons. The van der Waals surface area contributed by atoms with Gasteiger partial charge in [0.1, 0.15) is 22.0 Å². The number of aromatic nitrogens is 3. The van der Waals surface area contributed by atoms with Crippen LogP contribution in [0.3, 0.4) is 0 Å². The zero-order valence-electron chi connectivity index (χ0n) is 31.9. The van der Waals surface area contributed by atoms with Gasteiger partial charge in [-0.2, -0.15) is 0 Å². The smallest absolute Gasteiger partial charge is 0.312 e. The van der Waals surface area contributed by atoms with Crippen LogP contribution in [0.25, 0.3) is 11.0 Å². The normalized spacial score (nSPS) is 23.1. The maximum Gasteiger partial charge on any atom is 0.312 e. The molecule has 3 aromatic heterocycles. The number of nitro groups is 1. The largest absolute Gasteiger partial charge is 0.455 e. The van der Waals surface area contributed by atoms with Crippen LogP contribution in [0.15, 0.2) is 59.9 Å². The van der Waals surface area contributed by atoms with Crippen LogP contribution in [0, 0.1) is 27.4 Å². The summed E-state index contributed by atoms with van der Waals surface area (Å²) in [6.07, 6.45) is 13.1. The van der Waals surface area contributed by atoms with Crippen molar-refractivity contribution in [1.29, 1.82) is 0 Å². The van der Waals surface area contributed by atoms with Crippen molar-refractivity contribution in [3.8, 4) is 11.5 Å². The molecule has 2 saturated heterocycles. The number of carbonyl (C=O) groups excluding carboxylic acids is 1. The van der Waals surface area contributed by atoms with Gasteiger partial charge in [0, 0.05) is 67.7 Å². The lowest BCUT2D eigenvalue weighted by molar-refractivity contribution is -0.384. The molecular formula is C40H50N8O7S. The minimum Gasteiger partial charge on any atom is -0.455 e. The fraction of sp³-hybridized carbons (Fsp3) is 0.525. The van der Waals surface area contributed by atoms with Gasteiger partial charge in [0.15, 0.2) is 0 Å². The number of morpholine rings is 1. The van der Waals surface area contributed by atoms with Crippen LogP contribution in [0.4, 0.5) is 17.2 Å². The third-order valence-corrected chi connectivity index (χ3v) is 13.8. The molecule has 1 aromatic carbocycles. The molecule has 16 heteroatoms. The first-order valence-corrected chi connectivity index (χ1v) is 21.2. The van der Waals surface area contributed by atoms with E-state index in [2.05, 4.69) is 48.6 Å². The molecule has 298 valence electrons. The molecule has 4 aliphatic rings. The summed E-state index contributed by atoms with van der Waals surface area (Å²) in [7, 11) is -4.58. The lowest BCUT2D eigenvalue weighted by atomic mass is 9.59. The van der Waals surface area contributed by atoms with E-state index in [1.807, 2.05) is 6.07 Å². The standard InChI is InChI=1S/C40H50N8O7S/c1-26-3-5-28(6-4-26)22-42-38-35(48(50)51)19-33(24-44-38)56(52,53)45-39(49)34-8-7-30(18-36(34)55-32-17-29-9-12-41-37(29)43-23-32)46-13-10-40(11-14-46)20-31(21-40)47-15-16-54-25-27(47)2/h7-9,12,17-19,23-24,26-28,31H,3-6,10-11,13-16,20-22,25H2,1-2H3,(H,41,43)(H,42,44)(H,45,49). The Morgan fingerprint density at radius 3 is 2.59 bits per heavy atom. The highest BCUT2D eigenvalue weighted by molar-refractivity contribution is 7.90. The second-order valence-corrected chi connectivity index (χ2v) is 18.0. The number of amides is 1. The maximum absolute atomic E-state index is 13.8. The second-order valence-electron chi connectivity index (χ2n) is 16.3. The highest BCUT2D eigenvalue weighted by Crippen LogP contribution is 2.52. The highest BCUT2D eigenvalue weighted by Gasteiger charge is 2.49. The number of carbonyl (C=O) groups is 1. The summed E-state index contributed by atoms with van der Waals surface area (Å²) in [6, 6.07) is 10.7. The summed E-state index contributed by atoms with van der Waals surface area (Å²) >= 11 is 0. The number of hydrogen-bond donors (Lipinski definition) is 3. The number of H-pyrrole nitrogens is 1. The quantitative estimate of drug-likeness (QED) is 0.111. The summed E-state index contributed by atoms with van der Waals surface area (Å²) in [6.45, 7) is 9.24. The van der Waals surface area contributed by atoms with Gasteiger partial charge in [-0.15, -0.1) is 0 Å². The van der Waals surface area contributed by atoms with Gasteiger partial charge in [0.05, 0.1) is 36.1 Å². The van der Waals surface area contributed by atoms with Gasteiger partial charge in [-0.1, -0.05) is 19.8 Å². The predicted molar refractivity (Wildman–Crippen MR) is 212 cm³/mol. The van der Waals surface area contributed by atoms with E-state index >= 15 is 0 Å². The Balaban J connectivity index is 0.989. The minimum atomic E-state index is -4.58. The van der Waals surface area contributed by atoms with Crippen molar-refractivity contribution < 1.29 is 27.6 Å². The molecule has 8 rings (SSSR count). The average molecular weight is 787 g/mol. The van der Waals surface area contributed by atoms with Gasteiger partial charge < -0.3 is 24.7 Å². The number of anilines is 2. The molecule has 1 spiro atoms. The van der Waals surface area contributed by atoms with E-state index in [1.54, 1.807) is 30.5 Å². The fourth-order valence-electron chi connectivity index (χ4n) is 9.05. The van der Waals surface area contributed by atoms with Crippen molar-refractivity contribution in [3.63, 3.8) is 0 Å². The van der Waals surface area contributed by atoms with E-state index in [-0.39, 0.29) is 17.1 Å². The number of aromatic amines is 1. The van der Waals surface area contributed by atoms with Gasteiger partial charge in [0.2, 0.25) is 5.82 Å². The second kappa shape index (κ2) is 15.6. The van der Waals surface area contributed by atoms with Crippen molar-refractivity contribution in [2.24, 2.45) is 17.3 Å². The van der Waals surface area contributed by atoms with E-state index in [1.165, 1.54) is 19.0 Å². The van der Waals surface area contributed by atoms with Crippen LogP contribution in [0.5, 0.6) is 11.5 Å². The van der Waals surface area contributed by atoms with Crippen molar-refractivity contribution in [1.82, 2.24) is 24.6 Å². The fourth-order valence-corrected chi connectivity index (χ4v) is 9.98. The Bertz CT molecular complexity index is 2190. The summed E-state index contributed by atoms with van der Waals surface area (Å²) in [4.78, 5) is 41.2. The molecule has 2 saturated carbocycles. The average Bonchev–Trinajstić information content (AvgIpc) is 3.65. The van der Waals surface area contributed by atoms with Gasteiger partial charge in [-0.3, -0.25) is 19.8 Å². The zero-order valence-corrected chi connectivity index (χ0v) is 32.7. The van der Waals surface area contributed by atoms with Crippen molar-refractivity contribution in [2.45, 2.75) is 82.2 Å². The van der Waals surface area contributed by atoms with Crippen LogP contribution < -0.4 is 19.7 Å². The molecule has 56 heavy (non-hydrogen) atoms. The lowest BCUT2D eigenvalue weighted by Gasteiger charge is -2.57. The number of pyridine rings is 2. The number of ether oxygens (including phenoxy) is 2. The third kappa shape index (κ3) is 8.04. The first kappa shape index (κ1) is 38.1. The van der Waals surface area contributed by atoms with Crippen LogP contribution >= 0.6 is 0 Å². The number of benzene rings is 1. The number of rotatable bonds is 11. The van der Waals surface area contributed by atoms with Crippen molar-refractivity contribution in [2.75, 3.05) is 49.6 Å². The highest BCUT2D eigenvalue weighted by atomic mass is 32.2. The third-order valence-electron chi connectivity index (χ3n) is 12.5. The summed E-state index contributed by atoms with van der Waals surface area (Å²) < 4.78 is 41.2. The Kier molecular flexibility index (Phi) is 10.6. The molecule has 1 atom stereocenters. The topological polar surface area (TPSA) is 185 Å². The van der Waals surface area contributed by atoms with Crippen LogP contribution in [0.1, 0.15) is 75.6 Å². The van der Waals surface area contributed by atoms with E-state index < -0.39 is 31.4 Å². The Morgan fingerprint density at radius 2 is 1.84 bits per heavy atom. The zero-order chi connectivity index (χ0) is 39.0. The molecule has 5 heterocycles. The number of nitrogens with zero attached hydrogens (tertiary/aromatic N) is 5. The van der Waals surface area contributed by atoms with Crippen LogP contribution in [-0.4, -0.2) is 90.6 Å². The molecule has 1 amide bonds. The molecule has 4 fully saturated rings. The first-order chi connectivity index (χ1) is 26.9. The number of piperidine rings is 1. The SMILES string of the molecule is CC1CCC(CNc2ncc(S(=O)(=O)NC(=O)c3ccc(N4CCC5(CC4)CC(N4CCOCC4C)C5)cc3Oc3cnc4[nH]ccc4c3)cc2[N+](=O)[O-])CC1. The minimum absolute atomic E-state index is 0.00867. The maximum atomic E-state index is 13.8. The number of fused-ring (bicyclic) bond motifs is 1. The molecular weight excluding hydrogens is 737 g/mol. The Labute approximate surface area is 326 Å². The molecule has 0 bridgehead atoms. The predicted octanol–water partition coefficient (Wildman–Crippen LogP) is 6.49. The molecule has 15 nitrogen and oxygen atoms in total. The monoisotopic (exact) mass is 786 g/mol. The number of nitrogens with one attached hydrogen (secondary N) is 3. The Hall–Kier alpha value is -4.80. The lowest BCUT2D eigenvalue weighted by Crippen LogP contribution is -2.59. The summed E-state index contributed by atoms with van der Waals surface area (Å²) in [5.74, 6) is 0.577. The van der Waals surface area contributed by atoms with Crippen LogP contribution in [-0.2, 0) is 14.8 Å². The van der Waals surface area contributed by atoms with Gasteiger partial charge >= 0.3 is 5.69 Å². The molecule has 1 unspecified atom stereocenters. The van der Waals surface area contributed by atoms with E-state index in [9.17, 15) is 23.3 Å². The molecule has 2 aliphatic heterocycles. The van der Waals surface area contributed by atoms with Gasteiger partial charge in [0.25, 0.3) is 15.9 Å². The first-order valence-electron chi connectivity index (χ1n) is 19.7. The molecule has 4 aromatic rings. The van der Waals surface area contributed by atoms with Crippen LogP contribution in [0.2, 0.25) is 0 Å². The van der Waals surface area contributed by atoms with E-state index in [0.29, 0.717) is 47.3 Å². The summed E-state index contributed by atoms with van der Waals surface area (Å²) in [5, 5.41) is 15.9. The number of sulfonamides is 1.